The average Bonchev–Trinajstić information content (AvgIpc) is 2.94. The molecule has 0 aliphatic carbocycles. The van der Waals surface area contributed by atoms with Gasteiger partial charge in [0.05, 0.1) is 6.54 Å². The van der Waals surface area contributed by atoms with Crippen LogP contribution in [0.3, 0.4) is 0 Å². The molecule has 0 spiro atoms. The molecule has 28 heavy (non-hydrogen) atoms. The summed E-state index contributed by atoms with van der Waals surface area (Å²) >= 11 is 6.10. The summed E-state index contributed by atoms with van der Waals surface area (Å²) in [6.45, 7) is 3.23. The molecule has 144 valence electrons. The number of aromatic nitrogens is 2. The number of imidazole rings is 1. The van der Waals surface area contributed by atoms with Crippen LogP contribution in [0.25, 0.3) is 11.1 Å². The van der Waals surface area contributed by atoms with E-state index in [2.05, 4.69) is 4.98 Å². The van der Waals surface area contributed by atoms with Crippen molar-refractivity contribution in [3.8, 4) is 22.6 Å². The number of aryl methyl sites for hydroxylation is 1. The minimum Gasteiger partial charge on any atom is -0.504 e. The zero-order valence-corrected chi connectivity index (χ0v) is 16.2. The molecular formula is C21H20ClN3O3. The fourth-order valence-corrected chi connectivity index (χ4v) is 3.55. The maximum absolute atomic E-state index is 12.8. The number of carbonyl (C=O) groups excluding carboxylic acids is 1. The molecule has 1 amide bonds. The van der Waals surface area contributed by atoms with Crippen molar-refractivity contribution in [2.75, 3.05) is 13.2 Å². The summed E-state index contributed by atoms with van der Waals surface area (Å²) in [6.07, 6.45) is 3.47. The second-order valence-corrected chi connectivity index (χ2v) is 7.20. The summed E-state index contributed by atoms with van der Waals surface area (Å²) in [5.74, 6) is 1.26. The smallest absolute Gasteiger partial charge is 0.242 e. The number of hydrogen-bond acceptors (Lipinski definition) is 4. The summed E-state index contributed by atoms with van der Waals surface area (Å²) in [7, 11) is 0. The largest absolute Gasteiger partial charge is 0.504 e. The quantitative estimate of drug-likeness (QED) is 0.732. The number of benzene rings is 2. The number of rotatable bonds is 3. The minimum absolute atomic E-state index is 0.0230. The standard InChI is InChI=1S/C21H20ClN3O3/c1-14-23-5-6-24(14)13-20(27)25-7-8-28-21-17(12-25)9-16(11-19(21)26)15-3-2-4-18(22)10-15/h2-6,9-11,26H,7-8,12-13H2,1H3. The van der Waals surface area contributed by atoms with Crippen LogP contribution in [0.2, 0.25) is 5.02 Å². The van der Waals surface area contributed by atoms with Crippen molar-refractivity contribution in [2.24, 2.45) is 0 Å². The number of amides is 1. The Morgan fingerprint density at radius 2 is 2.14 bits per heavy atom. The van der Waals surface area contributed by atoms with E-state index in [1.165, 1.54) is 0 Å². The summed E-state index contributed by atoms with van der Waals surface area (Å²) < 4.78 is 7.56. The van der Waals surface area contributed by atoms with E-state index in [1.807, 2.05) is 35.8 Å². The molecule has 0 saturated carbocycles. The van der Waals surface area contributed by atoms with Gasteiger partial charge in [0.15, 0.2) is 11.5 Å². The number of nitrogens with zero attached hydrogens (tertiary/aromatic N) is 3. The van der Waals surface area contributed by atoms with Crippen LogP contribution in [0.1, 0.15) is 11.4 Å². The van der Waals surface area contributed by atoms with E-state index in [4.69, 9.17) is 16.3 Å². The van der Waals surface area contributed by atoms with E-state index in [9.17, 15) is 9.90 Å². The number of ether oxygens (including phenoxy) is 1. The molecule has 1 aliphatic rings. The SMILES string of the molecule is Cc1nccn1CC(=O)N1CCOc2c(O)cc(-c3cccc(Cl)c3)cc2C1. The van der Waals surface area contributed by atoms with Gasteiger partial charge in [0, 0.05) is 29.5 Å². The lowest BCUT2D eigenvalue weighted by Gasteiger charge is -2.20. The van der Waals surface area contributed by atoms with Gasteiger partial charge in [0.25, 0.3) is 0 Å². The van der Waals surface area contributed by atoms with Gasteiger partial charge in [-0.05, 0) is 42.3 Å². The van der Waals surface area contributed by atoms with Crippen LogP contribution in [-0.4, -0.2) is 38.6 Å². The van der Waals surface area contributed by atoms with Crippen LogP contribution < -0.4 is 4.74 Å². The highest BCUT2D eigenvalue weighted by Gasteiger charge is 2.23. The lowest BCUT2D eigenvalue weighted by molar-refractivity contribution is -0.132. The Morgan fingerprint density at radius 1 is 1.29 bits per heavy atom. The minimum atomic E-state index is -0.0230. The summed E-state index contributed by atoms with van der Waals surface area (Å²) in [5.41, 5.74) is 2.48. The highest BCUT2D eigenvalue weighted by atomic mass is 35.5. The molecule has 7 heteroatoms. The van der Waals surface area contributed by atoms with Gasteiger partial charge in [0.1, 0.15) is 19.0 Å². The molecule has 0 bridgehead atoms. The molecule has 0 fully saturated rings. The van der Waals surface area contributed by atoms with Crippen LogP contribution in [0, 0.1) is 6.92 Å². The van der Waals surface area contributed by atoms with Crippen molar-refractivity contribution >= 4 is 17.5 Å². The third kappa shape index (κ3) is 3.68. The first-order valence-electron chi connectivity index (χ1n) is 9.01. The molecule has 0 unspecified atom stereocenters. The molecule has 1 N–H and O–H groups in total. The van der Waals surface area contributed by atoms with E-state index in [1.54, 1.807) is 29.4 Å². The van der Waals surface area contributed by atoms with E-state index in [-0.39, 0.29) is 18.2 Å². The van der Waals surface area contributed by atoms with E-state index < -0.39 is 0 Å². The van der Waals surface area contributed by atoms with Gasteiger partial charge in [0.2, 0.25) is 5.91 Å². The van der Waals surface area contributed by atoms with Crippen LogP contribution >= 0.6 is 11.6 Å². The van der Waals surface area contributed by atoms with E-state index in [0.717, 1.165) is 22.5 Å². The number of hydrogen-bond donors (Lipinski definition) is 1. The highest BCUT2D eigenvalue weighted by Crippen LogP contribution is 2.38. The van der Waals surface area contributed by atoms with Crippen LogP contribution in [0.15, 0.2) is 48.8 Å². The molecule has 6 nitrogen and oxygen atoms in total. The van der Waals surface area contributed by atoms with Gasteiger partial charge < -0.3 is 19.3 Å². The molecule has 2 aromatic carbocycles. The van der Waals surface area contributed by atoms with Crippen molar-refractivity contribution in [3.05, 3.63) is 65.2 Å². The van der Waals surface area contributed by atoms with Gasteiger partial charge >= 0.3 is 0 Å². The van der Waals surface area contributed by atoms with E-state index >= 15 is 0 Å². The number of halogens is 1. The predicted octanol–water partition coefficient (Wildman–Crippen LogP) is 3.64. The van der Waals surface area contributed by atoms with Crippen molar-refractivity contribution in [1.29, 1.82) is 0 Å². The molecule has 4 rings (SSSR count). The van der Waals surface area contributed by atoms with Crippen molar-refractivity contribution in [1.82, 2.24) is 14.5 Å². The molecular weight excluding hydrogens is 378 g/mol. The van der Waals surface area contributed by atoms with Gasteiger partial charge in [-0.25, -0.2) is 4.98 Å². The number of carbonyl (C=O) groups is 1. The number of aromatic hydroxyl groups is 1. The van der Waals surface area contributed by atoms with Gasteiger partial charge in [-0.15, -0.1) is 0 Å². The molecule has 0 radical (unpaired) electrons. The summed E-state index contributed by atoms with van der Waals surface area (Å²) in [5, 5.41) is 11.1. The fraction of sp³-hybridized carbons (Fsp3) is 0.238. The Labute approximate surface area is 168 Å². The third-order valence-corrected chi connectivity index (χ3v) is 5.09. The lowest BCUT2D eigenvalue weighted by Crippen LogP contribution is -2.35. The number of fused-ring (bicyclic) bond motifs is 1. The third-order valence-electron chi connectivity index (χ3n) is 4.85. The Morgan fingerprint density at radius 3 is 2.89 bits per heavy atom. The second-order valence-electron chi connectivity index (χ2n) is 6.76. The second kappa shape index (κ2) is 7.56. The normalized spacial score (nSPS) is 13.6. The van der Waals surface area contributed by atoms with Crippen LogP contribution in [0.5, 0.6) is 11.5 Å². The Bertz CT molecular complexity index is 1030. The first kappa shape index (κ1) is 18.4. The number of phenols is 1. The molecule has 1 aromatic heterocycles. The van der Waals surface area contributed by atoms with Gasteiger partial charge in [-0.3, -0.25) is 4.79 Å². The zero-order valence-electron chi connectivity index (χ0n) is 15.4. The first-order chi connectivity index (χ1) is 13.5. The molecule has 1 aliphatic heterocycles. The van der Waals surface area contributed by atoms with Crippen molar-refractivity contribution in [2.45, 2.75) is 20.0 Å². The molecule has 0 atom stereocenters. The Hall–Kier alpha value is -2.99. The maximum Gasteiger partial charge on any atom is 0.242 e. The molecule has 3 aromatic rings. The Balaban J connectivity index is 1.63. The highest BCUT2D eigenvalue weighted by molar-refractivity contribution is 6.30. The zero-order chi connectivity index (χ0) is 19.7. The number of phenolic OH excluding ortho intramolecular Hbond substituents is 1. The van der Waals surface area contributed by atoms with Gasteiger partial charge in [-0.2, -0.15) is 0 Å². The Kier molecular flexibility index (Phi) is 4.96. The average molecular weight is 398 g/mol. The maximum atomic E-state index is 12.8. The first-order valence-corrected chi connectivity index (χ1v) is 9.39. The molecule has 0 saturated heterocycles. The van der Waals surface area contributed by atoms with Crippen LogP contribution in [-0.2, 0) is 17.9 Å². The fourth-order valence-electron chi connectivity index (χ4n) is 3.36. The van der Waals surface area contributed by atoms with Gasteiger partial charge in [-0.1, -0.05) is 23.7 Å². The predicted molar refractivity (Wildman–Crippen MR) is 106 cm³/mol. The summed E-state index contributed by atoms with van der Waals surface area (Å²) in [4.78, 5) is 18.7. The van der Waals surface area contributed by atoms with Crippen LogP contribution in [0.4, 0.5) is 0 Å². The van der Waals surface area contributed by atoms with Crippen molar-refractivity contribution in [3.63, 3.8) is 0 Å². The van der Waals surface area contributed by atoms with Crippen molar-refractivity contribution < 1.29 is 14.6 Å². The topological polar surface area (TPSA) is 67.6 Å². The monoisotopic (exact) mass is 397 g/mol. The lowest BCUT2D eigenvalue weighted by atomic mass is 10.0. The van der Waals surface area contributed by atoms with E-state index in [0.29, 0.717) is 30.5 Å². The molecule has 2 heterocycles. The summed E-state index contributed by atoms with van der Waals surface area (Å²) in [6, 6.07) is 11.0.